The van der Waals surface area contributed by atoms with Crippen molar-refractivity contribution >= 4 is 32.9 Å². The Bertz CT molecular complexity index is 2870. The van der Waals surface area contributed by atoms with Crippen LogP contribution in [0.15, 0.2) is 193 Å². The van der Waals surface area contributed by atoms with Gasteiger partial charge in [0.1, 0.15) is 5.52 Å². The molecule has 0 aliphatic heterocycles. The molecule has 0 saturated heterocycles. The maximum atomic E-state index is 6.63. The quantitative estimate of drug-likeness (QED) is 0.178. The average Bonchev–Trinajstić information content (AvgIpc) is 3.81. The first-order chi connectivity index (χ1) is 25.8. The molecule has 0 amide bonds. The number of pyridine rings is 1. The van der Waals surface area contributed by atoms with Crippen molar-refractivity contribution in [1.29, 1.82) is 0 Å². The van der Waals surface area contributed by atoms with Crippen molar-refractivity contribution in [1.82, 2.24) is 14.5 Å². The predicted molar refractivity (Wildman–Crippen MR) is 213 cm³/mol. The Morgan fingerprint density at radius 2 is 1.08 bits per heavy atom. The van der Waals surface area contributed by atoms with Gasteiger partial charge in [-0.25, -0.2) is 4.98 Å². The lowest BCUT2D eigenvalue weighted by molar-refractivity contribution is 0.620. The first-order valence-corrected chi connectivity index (χ1v) is 17.5. The minimum Gasteiger partial charge on any atom is -0.436 e. The third-order valence-electron chi connectivity index (χ3n) is 9.92. The van der Waals surface area contributed by atoms with Crippen LogP contribution in [0, 0.1) is 0 Å². The van der Waals surface area contributed by atoms with Crippen LogP contribution in [0.1, 0.15) is 0 Å². The summed E-state index contributed by atoms with van der Waals surface area (Å²) >= 11 is 0. The smallest absolute Gasteiger partial charge is 0.227 e. The molecule has 10 aromatic rings. The first-order valence-electron chi connectivity index (χ1n) is 17.5. The molecule has 0 unspecified atom stereocenters. The zero-order chi connectivity index (χ0) is 34.4. The summed E-state index contributed by atoms with van der Waals surface area (Å²) in [6, 6.07) is 61.9. The molecule has 3 aromatic heterocycles. The number of hydrogen-bond acceptors (Lipinski definition) is 3. The minimum absolute atomic E-state index is 0.595. The predicted octanol–water partition coefficient (Wildman–Crippen LogP) is 12.7. The van der Waals surface area contributed by atoms with Crippen LogP contribution in [0.5, 0.6) is 0 Å². The normalized spacial score (nSPS) is 11.5. The summed E-state index contributed by atoms with van der Waals surface area (Å²) in [5.41, 5.74) is 14.7. The van der Waals surface area contributed by atoms with E-state index in [-0.39, 0.29) is 0 Å². The Balaban J connectivity index is 1.15. The summed E-state index contributed by atoms with van der Waals surface area (Å²) in [6.07, 6.45) is 3.71. The van der Waals surface area contributed by atoms with Gasteiger partial charge in [0.15, 0.2) is 5.58 Å². The van der Waals surface area contributed by atoms with E-state index in [9.17, 15) is 0 Å². The van der Waals surface area contributed by atoms with Crippen molar-refractivity contribution in [3.05, 3.63) is 188 Å². The van der Waals surface area contributed by atoms with E-state index in [0.29, 0.717) is 5.89 Å². The Labute approximate surface area is 300 Å². The number of aromatic nitrogens is 3. The van der Waals surface area contributed by atoms with Crippen molar-refractivity contribution in [2.45, 2.75) is 0 Å². The SMILES string of the molecule is c1ccc(-c2ccc(-c3nc4c(-c5cccc(-c6cccnc6)c5)cc(-c5ccc6c(c5)c5ccccc5n6-c5ccccc5)cc4o3)cc2)cc1. The van der Waals surface area contributed by atoms with E-state index in [0.717, 1.165) is 61.3 Å². The number of benzene rings is 7. The van der Waals surface area contributed by atoms with Crippen LogP contribution < -0.4 is 0 Å². The number of fused-ring (bicyclic) bond motifs is 4. The van der Waals surface area contributed by atoms with Gasteiger partial charge in [0.2, 0.25) is 5.89 Å². The summed E-state index contributed by atoms with van der Waals surface area (Å²) < 4.78 is 8.98. The van der Waals surface area contributed by atoms with Crippen molar-refractivity contribution in [3.63, 3.8) is 0 Å². The molecule has 0 aliphatic rings. The Kier molecular flexibility index (Phi) is 7.10. The second kappa shape index (κ2) is 12.4. The molecule has 4 nitrogen and oxygen atoms in total. The standard InChI is InChI=1S/C48H31N3O/c1-3-11-32(12-4-1)33-20-22-34(23-21-33)48-50-47-42(37-14-9-13-35(27-37)38-15-10-26-49-31-38)29-39(30-46(47)52-48)36-24-25-45-43(28-36)41-18-7-8-19-44(41)51(45)40-16-5-2-6-17-40/h1-31H. The Hall–Kier alpha value is -7.04. The molecule has 244 valence electrons. The van der Waals surface area contributed by atoms with E-state index in [1.807, 2.05) is 18.3 Å². The molecule has 0 aliphatic carbocycles. The van der Waals surface area contributed by atoms with Gasteiger partial charge in [-0.3, -0.25) is 4.98 Å². The number of para-hydroxylation sites is 2. The third kappa shape index (κ3) is 5.17. The van der Waals surface area contributed by atoms with Crippen LogP contribution in [-0.4, -0.2) is 14.5 Å². The number of rotatable bonds is 6. The highest BCUT2D eigenvalue weighted by atomic mass is 16.3. The maximum Gasteiger partial charge on any atom is 0.227 e. The molecule has 3 heterocycles. The lowest BCUT2D eigenvalue weighted by Crippen LogP contribution is -1.92. The fourth-order valence-electron chi connectivity index (χ4n) is 7.38. The van der Waals surface area contributed by atoms with Crippen LogP contribution in [0.25, 0.3) is 94.6 Å². The zero-order valence-electron chi connectivity index (χ0n) is 28.1. The van der Waals surface area contributed by atoms with Crippen LogP contribution in [0.2, 0.25) is 0 Å². The highest BCUT2D eigenvalue weighted by Crippen LogP contribution is 2.40. The van der Waals surface area contributed by atoms with Crippen molar-refractivity contribution in [2.24, 2.45) is 0 Å². The van der Waals surface area contributed by atoms with Crippen LogP contribution >= 0.6 is 0 Å². The second-order valence-corrected chi connectivity index (χ2v) is 13.1. The molecule has 0 radical (unpaired) electrons. The van der Waals surface area contributed by atoms with Gasteiger partial charge in [-0.15, -0.1) is 0 Å². The fourth-order valence-corrected chi connectivity index (χ4v) is 7.38. The van der Waals surface area contributed by atoms with Crippen LogP contribution in [-0.2, 0) is 0 Å². The van der Waals surface area contributed by atoms with E-state index in [2.05, 4.69) is 173 Å². The Morgan fingerprint density at radius 3 is 1.90 bits per heavy atom. The summed E-state index contributed by atoms with van der Waals surface area (Å²) in [5, 5.41) is 2.42. The summed E-state index contributed by atoms with van der Waals surface area (Å²) in [7, 11) is 0. The van der Waals surface area contributed by atoms with E-state index < -0.39 is 0 Å². The molecule has 52 heavy (non-hydrogen) atoms. The summed E-state index contributed by atoms with van der Waals surface area (Å²) in [4.78, 5) is 9.51. The summed E-state index contributed by atoms with van der Waals surface area (Å²) in [5.74, 6) is 0.595. The molecule has 0 N–H and O–H groups in total. The fraction of sp³-hybridized carbons (Fsp3) is 0. The zero-order valence-corrected chi connectivity index (χ0v) is 28.1. The first kappa shape index (κ1) is 29.8. The molecule has 0 bridgehead atoms. The maximum absolute atomic E-state index is 6.63. The molecule has 0 fully saturated rings. The highest BCUT2D eigenvalue weighted by Gasteiger charge is 2.18. The molecular weight excluding hydrogens is 635 g/mol. The molecule has 0 atom stereocenters. The van der Waals surface area contributed by atoms with Crippen molar-refractivity contribution in [2.75, 3.05) is 0 Å². The van der Waals surface area contributed by atoms with Gasteiger partial charge in [-0.2, -0.15) is 0 Å². The number of hydrogen-bond donors (Lipinski definition) is 0. The van der Waals surface area contributed by atoms with E-state index in [4.69, 9.17) is 9.40 Å². The van der Waals surface area contributed by atoms with Crippen molar-refractivity contribution in [3.8, 4) is 61.6 Å². The topological polar surface area (TPSA) is 43.9 Å². The molecule has 7 aromatic carbocycles. The van der Waals surface area contributed by atoms with E-state index in [1.165, 1.54) is 27.4 Å². The molecular formula is C48H31N3O. The number of oxazole rings is 1. The van der Waals surface area contributed by atoms with Gasteiger partial charge >= 0.3 is 0 Å². The van der Waals surface area contributed by atoms with Gasteiger partial charge in [0, 0.05) is 45.5 Å². The minimum atomic E-state index is 0.595. The lowest BCUT2D eigenvalue weighted by Gasteiger charge is -2.10. The monoisotopic (exact) mass is 665 g/mol. The van der Waals surface area contributed by atoms with Gasteiger partial charge in [0.05, 0.1) is 11.0 Å². The molecule has 0 saturated carbocycles. The van der Waals surface area contributed by atoms with Crippen molar-refractivity contribution < 1.29 is 4.42 Å². The molecule has 4 heteroatoms. The average molecular weight is 666 g/mol. The van der Waals surface area contributed by atoms with Gasteiger partial charge < -0.3 is 8.98 Å². The number of nitrogens with zero attached hydrogens (tertiary/aromatic N) is 3. The van der Waals surface area contributed by atoms with Crippen LogP contribution in [0.4, 0.5) is 0 Å². The largest absolute Gasteiger partial charge is 0.436 e. The van der Waals surface area contributed by atoms with Gasteiger partial charge in [0.25, 0.3) is 0 Å². The summed E-state index contributed by atoms with van der Waals surface area (Å²) in [6.45, 7) is 0. The lowest BCUT2D eigenvalue weighted by atomic mass is 9.95. The second-order valence-electron chi connectivity index (χ2n) is 13.1. The molecule has 0 spiro atoms. The van der Waals surface area contributed by atoms with Gasteiger partial charge in [-0.1, -0.05) is 109 Å². The van der Waals surface area contributed by atoms with E-state index >= 15 is 0 Å². The van der Waals surface area contributed by atoms with E-state index in [1.54, 1.807) is 6.20 Å². The molecule has 10 rings (SSSR count). The third-order valence-corrected chi connectivity index (χ3v) is 9.92. The highest BCUT2D eigenvalue weighted by molar-refractivity contribution is 6.11. The van der Waals surface area contributed by atoms with Crippen LogP contribution in [0.3, 0.4) is 0 Å². The van der Waals surface area contributed by atoms with Gasteiger partial charge in [-0.05, 0) is 100 Å². The Morgan fingerprint density at radius 1 is 0.423 bits per heavy atom.